The molecule has 1 aliphatic rings. The van der Waals surface area contributed by atoms with Crippen LogP contribution in [0.4, 0.5) is 10.1 Å². The van der Waals surface area contributed by atoms with Crippen molar-refractivity contribution in [3.63, 3.8) is 0 Å². The molecule has 0 radical (unpaired) electrons. The van der Waals surface area contributed by atoms with Crippen LogP contribution in [0.25, 0.3) is 0 Å². The first-order valence-corrected chi connectivity index (χ1v) is 7.59. The van der Waals surface area contributed by atoms with Crippen LogP contribution in [0.15, 0.2) is 23.1 Å². The molecular weight excluding hydrogens is 271 g/mol. The molecule has 19 heavy (non-hydrogen) atoms. The van der Waals surface area contributed by atoms with Crippen LogP contribution in [-0.4, -0.2) is 27.2 Å². The van der Waals surface area contributed by atoms with Gasteiger partial charge in [-0.3, -0.25) is 0 Å². The minimum atomic E-state index is -3.78. The molecule has 106 valence electrons. The van der Waals surface area contributed by atoms with Crippen molar-refractivity contribution in [2.45, 2.75) is 36.8 Å². The number of sulfonamides is 1. The quantitative estimate of drug-likeness (QED) is 0.799. The Labute approximate surface area is 112 Å². The van der Waals surface area contributed by atoms with Crippen LogP contribution in [0, 0.1) is 5.82 Å². The van der Waals surface area contributed by atoms with E-state index in [0.29, 0.717) is 19.4 Å². The van der Waals surface area contributed by atoms with Gasteiger partial charge in [-0.1, -0.05) is 0 Å². The number of hydrogen-bond acceptors (Lipinski definition) is 4. The number of benzene rings is 1. The highest BCUT2D eigenvalue weighted by molar-refractivity contribution is 7.89. The van der Waals surface area contributed by atoms with Crippen LogP contribution in [0.1, 0.15) is 19.8 Å². The Morgan fingerprint density at radius 1 is 1.47 bits per heavy atom. The van der Waals surface area contributed by atoms with Gasteiger partial charge in [0, 0.05) is 12.6 Å². The second-order valence-corrected chi connectivity index (χ2v) is 6.23. The molecule has 0 aliphatic heterocycles. The fourth-order valence-corrected chi connectivity index (χ4v) is 3.46. The molecule has 1 aromatic carbocycles. The van der Waals surface area contributed by atoms with Crippen molar-refractivity contribution in [2.75, 3.05) is 12.3 Å². The molecule has 7 heteroatoms. The zero-order valence-corrected chi connectivity index (χ0v) is 11.4. The van der Waals surface area contributed by atoms with Gasteiger partial charge in [0.15, 0.2) is 0 Å². The van der Waals surface area contributed by atoms with Gasteiger partial charge < -0.3 is 10.5 Å². The number of halogens is 1. The van der Waals surface area contributed by atoms with Gasteiger partial charge in [0.25, 0.3) is 0 Å². The summed E-state index contributed by atoms with van der Waals surface area (Å²) in [7, 11) is -3.78. The van der Waals surface area contributed by atoms with Crippen molar-refractivity contribution in [1.29, 1.82) is 0 Å². The van der Waals surface area contributed by atoms with E-state index in [0.717, 1.165) is 12.1 Å². The maximum Gasteiger partial charge on any atom is 0.242 e. The van der Waals surface area contributed by atoms with E-state index in [1.807, 2.05) is 6.92 Å². The summed E-state index contributed by atoms with van der Waals surface area (Å²) in [5, 5.41) is 0. The minimum Gasteiger partial charge on any atom is -0.398 e. The predicted molar refractivity (Wildman–Crippen MR) is 69.6 cm³/mol. The predicted octanol–water partition coefficient (Wildman–Crippen LogP) is 1.25. The lowest BCUT2D eigenvalue weighted by atomic mass is 9.90. The lowest BCUT2D eigenvalue weighted by Crippen LogP contribution is -2.47. The second-order valence-electron chi connectivity index (χ2n) is 4.55. The Balaban J connectivity index is 2.05. The molecule has 0 spiro atoms. The molecule has 0 bridgehead atoms. The van der Waals surface area contributed by atoms with E-state index >= 15 is 0 Å². The van der Waals surface area contributed by atoms with Crippen molar-refractivity contribution in [2.24, 2.45) is 0 Å². The molecule has 0 aromatic heterocycles. The molecule has 1 aliphatic carbocycles. The van der Waals surface area contributed by atoms with Crippen LogP contribution in [0.2, 0.25) is 0 Å². The summed E-state index contributed by atoms with van der Waals surface area (Å²) in [5.41, 5.74) is 5.61. The lowest BCUT2D eigenvalue weighted by molar-refractivity contribution is -0.00475. The van der Waals surface area contributed by atoms with E-state index in [1.54, 1.807) is 0 Å². The van der Waals surface area contributed by atoms with E-state index in [9.17, 15) is 12.8 Å². The number of anilines is 1. The van der Waals surface area contributed by atoms with Gasteiger partial charge in [-0.15, -0.1) is 0 Å². The van der Waals surface area contributed by atoms with Gasteiger partial charge in [-0.05, 0) is 38.0 Å². The number of rotatable bonds is 5. The fraction of sp³-hybridized carbons (Fsp3) is 0.500. The standard InChI is InChI=1S/C12H17FN2O3S/c1-2-18-10-6-9(7-10)15-19(16,17)12-5-8(13)3-4-11(12)14/h3-5,9-10,15H,2,6-7,14H2,1H3. The average Bonchev–Trinajstić information content (AvgIpc) is 2.29. The second kappa shape index (κ2) is 5.44. The molecule has 2 rings (SSSR count). The zero-order chi connectivity index (χ0) is 14.0. The van der Waals surface area contributed by atoms with Gasteiger partial charge in [-0.2, -0.15) is 0 Å². The third kappa shape index (κ3) is 3.23. The van der Waals surface area contributed by atoms with Gasteiger partial charge >= 0.3 is 0 Å². The molecule has 0 heterocycles. The van der Waals surface area contributed by atoms with Crippen molar-refractivity contribution in [3.05, 3.63) is 24.0 Å². The summed E-state index contributed by atoms with van der Waals surface area (Å²) >= 11 is 0. The van der Waals surface area contributed by atoms with E-state index in [2.05, 4.69) is 4.72 Å². The fourth-order valence-electron chi connectivity index (χ4n) is 2.06. The largest absolute Gasteiger partial charge is 0.398 e. The molecule has 0 atom stereocenters. The van der Waals surface area contributed by atoms with Crippen LogP contribution >= 0.6 is 0 Å². The monoisotopic (exact) mass is 288 g/mol. The van der Waals surface area contributed by atoms with Crippen LogP contribution < -0.4 is 10.5 Å². The third-order valence-corrected chi connectivity index (χ3v) is 4.66. The molecular formula is C12H17FN2O3S. The van der Waals surface area contributed by atoms with Crippen LogP contribution in [0.5, 0.6) is 0 Å². The SMILES string of the molecule is CCOC1CC(NS(=O)(=O)c2cc(F)ccc2N)C1. The highest BCUT2D eigenvalue weighted by Crippen LogP contribution is 2.26. The average molecular weight is 288 g/mol. The van der Waals surface area contributed by atoms with Crippen LogP contribution in [0.3, 0.4) is 0 Å². The van der Waals surface area contributed by atoms with Crippen LogP contribution in [-0.2, 0) is 14.8 Å². The summed E-state index contributed by atoms with van der Waals surface area (Å²) in [6.07, 6.45) is 1.35. The third-order valence-electron chi connectivity index (χ3n) is 3.08. The number of nitrogens with one attached hydrogen (secondary N) is 1. The van der Waals surface area contributed by atoms with Gasteiger partial charge in [0.1, 0.15) is 10.7 Å². The first kappa shape index (κ1) is 14.2. The van der Waals surface area contributed by atoms with E-state index < -0.39 is 15.8 Å². The van der Waals surface area contributed by atoms with Crippen molar-refractivity contribution >= 4 is 15.7 Å². The normalized spacial score (nSPS) is 23.1. The summed E-state index contributed by atoms with van der Waals surface area (Å²) in [6.45, 7) is 2.51. The highest BCUT2D eigenvalue weighted by Gasteiger charge is 2.33. The number of ether oxygens (including phenoxy) is 1. The first-order valence-electron chi connectivity index (χ1n) is 6.11. The maximum absolute atomic E-state index is 13.1. The highest BCUT2D eigenvalue weighted by atomic mass is 32.2. The van der Waals surface area contributed by atoms with Crippen molar-refractivity contribution in [1.82, 2.24) is 4.72 Å². The molecule has 0 unspecified atom stereocenters. The molecule has 5 nitrogen and oxygen atoms in total. The first-order chi connectivity index (χ1) is 8.92. The summed E-state index contributed by atoms with van der Waals surface area (Å²) in [4.78, 5) is -0.215. The Morgan fingerprint density at radius 3 is 2.79 bits per heavy atom. The van der Waals surface area contributed by atoms with E-state index in [1.165, 1.54) is 6.07 Å². The summed E-state index contributed by atoms with van der Waals surface area (Å²) in [6, 6.07) is 3.12. The van der Waals surface area contributed by atoms with E-state index in [4.69, 9.17) is 10.5 Å². The Kier molecular flexibility index (Phi) is 4.07. The summed E-state index contributed by atoms with van der Waals surface area (Å²) < 4.78 is 45.1. The molecule has 1 saturated carbocycles. The molecule has 1 aromatic rings. The Morgan fingerprint density at radius 2 is 2.16 bits per heavy atom. The smallest absolute Gasteiger partial charge is 0.242 e. The number of nitrogen functional groups attached to an aromatic ring is 1. The van der Waals surface area contributed by atoms with Crippen molar-refractivity contribution in [3.8, 4) is 0 Å². The molecule has 1 fully saturated rings. The van der Waals surface area contributed by atoms with Gasteiger partial charge in [0.05, 0.1) is 11.8 Å². The molecule has 3 N–H and O–H groups in total. The number of hydrogen-bond donors (Lipinski definition) is 2. The minimum absolute atomic E-state index is 0.0366. The van der Waals surface area contributed by atoms with E-state index in [-0.39, 0.29) is 22.7 Å². The number of nitrogens with two attached hydrogens (primary N) is 1. The lowest BCUT2D eigenvalue weighted by Gasteiger charge is -2.35. The molecule has 0 saturated heterocycles. The molecule has 0 amide bonds. The van der Waals surface area contributed by atoms with Gasteiger partial charge in [0.2, 0.25) is 10.0 Å². The Bertz CT molecular complexity index is 556. The Hall–Kier alpha value is -1.18. The summed E-state index contributed by atoms with van der Waals surface area (Å²) in [5.74, 6) is -0.629. The zero-order valence-electron chi connectivity index (χ0n) is 10.6. The van der Waals surface area contributed by atoms with Gasteiger partial charge in [-0.25, -0.2) is 17.5 Å². The van der Waals surface area contributed by atoms with Crippen molar-refractivity contribution < 1.29 is 17.5 Å². The maximum atomic E-state index is 13.1. The topological polar surface area (TPSA) is 81.4 Å².